The maximum atomic E-state index is 5.92. The summed E-state index contributed by atoms with van der Waals surface area (Å²) in [6, 6.07) is 3.99. The fourth-order valence-electron chi connectivity index (χ4n) is 3.96. The van der Waals surface area contributed by atoms with Gasteiger partial charge >= 0.3 is 0 Å². The van der Waals surface area contributed by atoms with Crippen LogP contribution in [-0.4, -0.2) is 41.2 Å². The quantitative estimate of drug-likeness (QED) is 0.799. The molecule has 0 unspecified atom stereocenters. The molecule has 2 aromatic rings. The molecule has 0 aromatic carbocycles. The van der Waals surface area contributed by atoms with Crippen molar-refractivity contribution in [2.45, 2.75) is 39.0 Å². The van der Waals surface area contributed by atoms with E-state index in [1.807, 2.05) is 24.5 Å². The predicted molar refractivity (Wildman–Crippen MR) is 99.5 cm³/mol. The molecule has 4 heterocycles. The lowest BCUT2D eigenvalue weighted by atomic mass is 9.94. The number of hydrogen-bond acceptors (Lipinski definition) is 5. The van der Waals surface area contributed by atoms with Gasteiger partial charge in [-0.25, -0.2) is 0 Å². The van der Waals surface area contributed by atoms with Crippen LogP contribution in [0.3, 0.4) is 0 Å². The van der Waals surface area contributed by atoms with Gasteiger partial charge in [-0.05, 0) is 59.6 Å². The molecule has 2 aliphatic rings. The van der Waals surface area contributed by atoms with Gasteiger partial charge in [0.15, 0.2) is 0 Å². The highest BCUT2D eigenvalue weighted by molar-refractivity contribution is 5.33. The smallest absolute Gasteiger partial charge is 0.0739 e. The second-order valence-corrected chi connectivity index (χ2v) is 7.33. The number of pyridine rings is 2. The highest BCUT2D eigenvalue weighted by Gasteiger charge is 2.23. The lowest BCUT2D eigenvalue weighted by Gasteiger charge is -2.33. The van der Waals surface area contributed by atoms with E-state index < -0.39 is 0 Å². The predicted octanol–water partition coefficient (Wildman–Crippen LogP) is 2.98. The molecule has 0 spiro atoms. The average molecular weight is 353 g/mol. The van der Waals surface area contributed by atoms with E-state index in [2.05, 4.69) is 14.9 Å². The zero-order chi connectivity index (χ0) is 17.6. The molecule has 0 N–H and O–H groups in total. The fourth-order valence-corrected chi connectivity index (χ4v) is 3.96. The molecule has 26 heavy (non-hydrogen) atoms. The Balaban J connectivity index is 1.34. The molecule has 2 aliphatic heterocycles. The second kappa shape index (κ2) is 8.71. The Bertz CT molecular complexity index is 702. The van der Waals surface area contributed by atoms with Crippen molar-refractivity contribution in [1.82, 2.24) is 14.9 Å². The summed E-state index contributed by atoms with van der Waals surface area (Å²) in [5, 5.41) is 0. The summed E-state index contributed by atoms with van der Waals surface area (Å²) < 4.78 is 11.4. The molecule has 0 amide bonds. The minimum atomic E-state index is 0.613. The van der Waals surface area contributed by atoms with Crippen LogP contribution in [0.5, 0.6) is 0 Å². The maximum absolute atomic E-state index is 5.92. The van der Waals surface area contributed by atoms with Crippen LogP contribution in [-0.2, 0) is 35.7 Å². The number of rotatable bonds is 6. The molecular formula is C21H27N3O2. The summed E-state index contributed by atoms with van der Waals surface area (Å²) in [7, 11) is 0. The summed E-state index contributed by atoms with van der Waals surface area (Å²) in [5.41, 5.74) is 5.20. The van der Waals surface area contributed by atoms with Crippen molar-refractivity contribution in [2.24, 2.45) is 5.92 Å². The molecule has 0 aliphatic carbocycles. The van der Waals surface area contributed by atoms with E-state index in [1.54, 1.807) is 12.4 Å². The third-order valence-corrected chi connectivity index (χ3v) is 5.44. The molecule has 4 rings (SSSR count). The standard InChI is InChI=1S/C21H27N3O2/c1-6-22-7-2-18(1)15-26-16-20-12-23-11-19-14-24(8-3-21(19)20)13-17-4-9-25-10-5-17/h1-2,6-7,11-12,17H,3-5,8-10,13-16H2. The van der Waals surface area contributed by atoms with Gasteiger partial charge in [0.25, 0.3) is 0 Å². The van der Waals surface area contributed by atoms with Crippen LogP contribution in [0.25, 0.3) is 0 Å². The summed E-state index contributed by atoms with van der Waals surface area (Å²) in [6.45, 7) is 6.42. The fraction of sp³-hybridized carbons (Fsp3) is 0.524. The molecule has 138 valence electrons. The van der Waals surface area contributed by atoms with Crippen molar-refractivity contribution in [3.63, 3.8) is 0 Å². The molecule has 0 radical (unpaired) electrons. The normalized spacial score (nSPS) is 18.6. The van der Waals surface area contributed by atoms with Crippen LogP contribution in [0, 0.1) is 5.92 Å². The summed E-state index contributed by atoms with van der Waals surface area (Å²) in [6.07, 6.45) is 11.1. The van der Waals surface area contributed by atoms with Crippen molar-refractivity contribution in [2.75, 3.05) is 26.3 Å². The largest absolute Gasteiger partial charge is 0.381 e. The Morgan fingerprint density at radius 2 is 1.92 bits per heavy atom. The lowest BCUT2D eigenvalue weighted by molar-refractivity contribution is 0.0504. The van der Waals surface area contributed by atoms with Gasteiger partial charge in [0.1, 0.15) is 0 Å². The van der Waals surface area contributed by atoms with Crippen molar-refractivity contribution < 1.29 is 9.47 Å². The Morgan fingerprint density at radius 1 is 1.08 bits per heavy atom. The molecule has 1 saturated heterocycles. The van der Waals surface area contributed by atoms with Crippen LogP contribution in [0.2, 0.25) is 0 Å². The third-order valence-electron chi connectivity index (χ3n) is 5.44. The van der Waals surface area contributed by atoms with Gasteiger partial charge in [-0.1, -0.05) is 0 Å². The van der Waals surface area contributed by atoms with Crippen molar-refractivity contribution in [3.8, 4) is 0 Å². The first kappa shape index (κ1) is 17.6. The van der Waals surface area contributed by atoms with E-state index in [0.717, 1.165) is 44.2 Å². The average Bonchev–Trinajstić information content (AvgIpc) is 2.70. The van der Waals surface area contributed by atoms with Gasteiger partial charge in [-0.3, -0.25) is 14.9 Å². The Hall–Kier alpha value is -1.82. The maximum Gasteiger partial charge on any atom is 0.0739 e. The highest BCUT2D eigenvalue weighted by Crippen LogP contribution is 2.25. The summed E-state index contributed by atoms with van der Waals surface area (Å²) in [5.74, 6) is 0.783. The topological polar surface area (TPSA) is 47.5 Å². The Labute approximate surface area is 155 Å². The van der Waals surface area contributed by atoms with E-state index in [-0.39, 0.29) is 0 Å². The second-order valence-electron chi connectivity index (χ2n) is 7.33. The van der Waals surface area contributed by atoms with Crippen LogP contribution in [0.15, 0.2) is 36.9 Å². The number of fused-ring (bicyclic) bond motifs is 1. The minimum absolute atomic E-state index is 0.613. The van der Waals surface area contributed by atoms with Crippen molar-refractivity contribution >= 4 is 0 Å². The Kier molecular flexibility index (Phi) is 5.89. The molecule has 1 fully saturated rings. The van der Waals surface area contributed by atoms with Crippen LogP contribution < -0.4 is 0 Å². The number of hydrogen-bond donors (Lipinski definition) is 0. The highest BCUT2D eigenvalue weighted by atomic mass is 16.5. The zero-order valence-electron chi connectivity index (χ0n) is 15.3. The zero-order valence-corrected chi connectivity index (χ0v) is 15.3. The van der Waals surface area contributed by atoms with Crippen LogP contribution in [0.1, 0.15) is 35.1 Å². The molecule has 5 nitrogen and oxygen atoms in total. The van der Waals surface area contributed by atoms with Gasteiger partial charge in [-0.2, -0.15) is 0 Å². The van der Waals surface area contributed by atoms with Crippen LogP contribution in [0.4, 0.5) is 0 Å². The molecular weight excluding hydrogens is 326 g/mol. The number of nitrogens with zero attached hydrogens (tertiary/aromatic N) is 3. The van der Waals surface area contributed by atoms with E-state index in [0.29, 0.717) is 13.2 Å². The van der Waals surface area contributed by atoms with Crippen LogP contribution >= 0.6 is 0 Å². The minimum Gasteiger partial charge on any atom is -0.381 e. The SMILES string of the molecule is c1cc(COCc2cncc3c2CCN(CC2CCOCC2)C3)ccn1. The van der Waals surface area contributed by atoms with Gasteiger partial charge < -0.3 is 9.47 Å². The van der Waals surface area contributed by atoms with Gasteiger partial charge in [0, 0.05) is 57.6 Å². The first-order valence-corrected chi connectivity index (χ1v) is 9.60. The van der Waals surface area contributed by atoms with E-state index in [9.17, 15) is 0 Å². The van der Waals surface area contributed by atoms with Crippen molar-refractivity contribution in [3.05, 3.63) is 59.2 Å². The molecule has 2 aromatic heterocycles. The van der Waals surface area contributed by atoms with Crippen molar-refractivity contribution in [1.29, 1.82) is 0 Å². The number of aromatic nitrogens is 2. The molecule has 5 heteroatoms. The third kappa shape index (κ3) is 4.47. The number of ether oxygens (including phenoxy) is 2. The van der Waals surface area contributed by atoms with E-state index >= 15 is 0 Å². The van der Waals surface area contributed by atoms with Gasteiger partial charge in [-0.15, -0.1) is 0 Å². The first-order valence-electron chi connectivity index (χ1n) is 9.60. The molecule has 0 saturated carbocycles. The van der Waals surface area contributed by atoms with E-state index in [4.69, 9.17) is 9.47 Å². The summed E-state index contributed by atoms with van der Waals surface area (Å²) in [4.78, 5) is 11.1. The van der Waals surface area contributed by atoms with E-state index in [1.165, 1.54) is 36.1 Å². The van der Waals surface area contributed by atoms with Gasteiger partial charge in [0.2, 0.25) is 0 Å². The Morgan fingerprint density at radius 3 is 2.77 bits per heavy atom. The van der Waals surface area contributed by atoms with Gasteiger partial charge in [0.05, 0.1) is 13.2 Å². The summed E-state index contributed by atoms with van der Waals surface area (Å²) >= 11 is 0. The first-order chi connectivity index (χ1) is 12.9. The molecule has 0 atom stereocenters. The monoisotopic (exact) mass is 353 g/mol. The lowest BCUT2D eigenvalue weighted by Crippen LogP contribution is -2.36. The molecule has 0 bridgehead atoms.